The highest BCUT2D eigenvalue weighted by atomic mass is 19.3. The van der Waals surface area contributed by atoms with Gasteiger partial charge < -0.3 is 19.4 Å². The van der Waals surface area contributed by atoms with Crippen LogP contribution < -0.4 is 10.1 Å². The molecular formula is C24H20F2N4O4. The average molecular weight is 466 g/mol. The lowest BCUT2D eigenvalue weighted by Crippen LogP contribution is -2.43. The Balaban J connectivity index is 1.45. The van der Waals surface area contributed by atoms with Gasteiger partial charge in [-0.25, -0.2) is 8.78 Å². The number of methoxy groups -OCH3 is 1. The minimum Gasteiger partial charge on any atom is -0.497 e. The van der Waals surface area contributed by atoms with E-state index >= 15 is 0 Å². The van der Waals surface area contributed by atoms with Crippen molar-refractivity contribution >= 4 is 34.9 Å². The van der Waals surface area contributed by atoms with Crippen molar-refractivity contribution in [2.24, 2.45) is 0 Å². The zero-order chi connectivity index (χ0) is 24.3. The van der Waals surface area contributed by atoms with Gasteiger partial charge in [0.15, 0.2) is 0 Å². The van der Waals surface area contributed by atoms with Gasteiger partial charge in [-0.3, -0.25) is 14.6 Å². The van der Waals surface area contributed by atoms with Crippen LogP contribution in [0.3, 0.4) is 0 Å². The number of carbonyl (C=O) groups excluding carboxylic acids is 2. The summed E-state index contributed by atoms with van der Waals surface area (Å²) in [7, 11) is 1.58. The zero-order valence-corrected chi connectivity index (χ0v) is 18.1. The number of nitrogens with zero attached hydrogens (tertiary/aromatic N) is 3. The van der Waals surface area contributed by atoms with Gasteiger partial charge in [0.2, 0.25) is 5.91 Å². The molecule has 0 unspecified atom stereocenters. The highest BCUT2D eigenvalue weighted by Gasteiger charge is 2.47. The van der Waals surface area contributed by atoms with Crippen LogP contribution in [0.4, 0.5) is 8.78 Å². The average Bonchev–Trinajstić information content (AvgIpc) is 3.39. The molecule has 8 nitrogen and oxygen atoms in total. The van der Waals surface area contributed by atoms with Crippen LogP contribution in [0, 0.1) is 11.3 Å². The van der Waals surface area contributed by atoms with Gasteiger partial charge in [-0.1, -0.05) is 0 Å². The van der Waals surface area contributed by atoms with Crippen molar-refractivity contribution in [3.63, 3.8) is 0 Å². The quantitative estimate of drug-likeness (QED) is 0.596. The van der Waals surface area contributed by atoms with Gasteiger partial charge in [0.25, 0.3) is 11.8 Å². The SMILES string of the molecule is COc1ccc2oc(/C=C/c3cnccc3C(=O)NCC(=O)N3CC(F)(F)C[C@H]3C#N)cc2c1. The van der Waals surface area contributed by atoms with E-state index in [0.29, 0.717) is 22.7 Å². The van der Waals surface area contributed by atoms with E-state index in [1.807, 2.05) is 12.1 Å². The summed E-state index contributed by atoms with van der Waals surface area (Å²) < 4.78 is 38.1. The number of nitrogens with one attached hydrogen (secondary N) is 1. The number of alkyl halides is 2. The van der Waals surface area contributed by atoms with Gasteiger partial charge in [-0.05, 0) is 42.5 Å². The lowest BCUT2D eigenvalue weighted by molar-refractivity contribution is -0.131. The highest BCUT2D eigenvalue weighted by Crippen LogP contribution is 2.31. The van der Waals surface area contributed by atoms with E-state index in [1.54, 1.807) is 37.5 Å². The number of ether oxygens (including phenoxy) is 1. The summed E-state index contributed by atoms with van der Waals surface area (Å²) in [5, 5.41) is 12.3. The molecule has 2 aromatic heterocycles. The van der Waals surface area contributed by atoms with Crippen molar-refractivity contribution in [3.05, 3.63) is 59.6 Å². The number of hydrogen-bond acceptors (Lipinski definition) is 6. The number of carbonyl (C=O) groups is 2. The van der Waals surface area contributed by atoms with Crippen LogP contribution in [0.25, 0.3) is 23.1 Å². The fourth-order valence-corrected chi connectivity index (χ4v) is 3.72. The molecule has 1 aromatic carbocycles. The molecule has 1 aliphatic rings. The topological polar surface area (TPSA) is 108 Å². The normalized spacial score (nSPS) is 17.1. The summed E-state index contributed by atoms with van der Waals surface area (Å²) in [4.78, 5) is 29.9. The van der Waals surface area contributed by atoms with E-state index in [9.17, 15) is 18.4 Å². The van der Waals surface area contributed by atoms with Crippen molar-refractivity contribution in [2.75, 3.05) is 20.2 Å². The minimum atomic E-state index is -3.12. The first-order valence-electron chi connectivity index (χ1n) is 10.3. The first-order valence-corrected chi connectivity index (χ1v) is 10.3. The van der Waals surface area contributed by atoms with Crippen molar-refractivity contribution in [2.45, 2.75) is 18.4 Å². The molecule has 1 fully saturated rings. The predicted octanol–water partition coefficient (Wildman–Crippen LogP) is 3.50. The zero-order valence-electron chi connectivity index (χ0n) is 18.1. The highest BCUT2D eigenvalue weighted by molar-refractivity contribution is 6.00. The van der Waals surface area contributed by atoms with Crippen LogP contribution in [0.1, 0.15) is 28.1 Å². The van der Waals surface area contributed by atoms with Crippen molar-refractivity contribution in [1.82, 2.24) is 15.2 Å². The molecule has 0 aliphatic carbocycles. The van der Waals surface area contributed by atoms with Gasteiger partial charge in [-0.15, -0.1) is 0 Å². The predicted molar refractivity (Wildman–Crippen MR) is 119 cm³/mol. The number of pyridine rings is 1. The molecule has 0 spiro atoms. The standard InChI is InChI=1S/C24H20F2N4O4/c1-33-18-4-5-21-16(8-18)9-19(34-21)3-2-15-12-28-7-6-20(15)23(32)29-13-22(31)30-14-24(25,26)10-17(30)11-27/h2-9,12,17H,10,13-14H2,1H3,(H,29,32)/b3-2+/t17-/m0/s1. The molecule has 3 aromatic rings. The third-order valence-corrected chi connectivity index (χ3v) is 5.41. The summed E-state index contributed by atoms with van der Waals surface area (Å²) in [5.41, 5.74) is 1.37. The van der Waals surface area contributed by atoms with E-state index in [1.165, 1.54) is 18.5 Å². The maximum absolute atomic E-state index is 13.6. The third kappa shape index (κ3) is 4.88. The van der Waals surface area contributed by atoms with Crippen LogP contribution in [0.5, 0.6) is 5.75 Å². The second-order valence-corrected chi connectivity index (χ2v) is 7.76. The van der Waals surface area contributed by atoms with E-state index in [2.05, 4.69) is 10.3 Å². The van der Waals surface area contributed by atoms with Crippen molar-refractivity contribution in [1.29, 1.82) is 5.26 Å². The molecule has 3 heterocycles. The fraction of sp³-hybridized carbons (Fsp3) is 0.250. The number of amides is 2. The van der Waals surface area contributed by atoms with Gasteiger partial charge in [-0.2, -0.15) is 5.26 Å². The number of benzene rings is 1. The molecule has 0 saturated carbocycles. The first kappa shape index (κ1) is 22.9. The summed E-state index contributed by atoms with van der Waals surface area (Å²) in [6.07, 6.45) is 5.51. The number of rotatable bonds is 6. The van der Waals surface area contributed by atoms with Gasteiger partial charge in [0.1, 0.15) is 23.1 Å². The molecule has 1 atom stereocenters. The van der Waals surface area contributed by atoms with Crippen LogP contribution >= 0.6 is 0 Å². The Labute approximate surface area is 193 Å². The molecule has 2 amide bonds. The Kier molecular flexibility index (Phi) is 6.27. The molecule has 0 radical (unpaired) electrons. The van der Waals surface area contributed by atoms with E-state index < -0.39 is 43.3 Å². The van der Waals surface area contributed by atoms with Crippen LogP contribution in [-0.2, 0) is 4.79 Å². The summed E-state index contributed by atoms with van der Waals surface area (Å²) in [5.74, 6) is -3.20. The molecular weight excluding hydrogens is 446 g/mol. The number of furan rings is 1. The first-order chi connectivity index (χ1) is 16.3. The monoisotopic (exact) mass is 466 g/mol. The van der Waals surface area contributed by atoms with Crippen LogP contribution in [0.2, 0.25) is 0 Å². The summed E-state index contributed by atoms with van der Waals surface area (Å²) >= 11 is 0. The minimum absolute atomic E-state index is 0.236. The van der Waals surface area contributed by atoms with E-state index in [0.717, 1.165) is 10.3 Å². The van der Waals surface area contributed by atoms with Gasteiger partial charge in [0.05, 0.1) is 26.3 Å². The van der Waals surface area contributed by atoms with Crippen LogP contribution in [0.15, 0.2) is 47.1 Å². The Morgan fingerprint density at radius 3 is 2.94 bits per heavy atom. The van der Waals surface area contributed by atoms with Crippen LogP contribution in [-0.4, -0.2) is 53.9 Å². The Bertz CT molecular complexity index is 1310. The molecule has 4 rings (SSSR count). The molecule has 34 heavy (non-hydrogen) atoms. The molecule has 1 saturated heterocycles. The van der Waals surface area contributed by atoms with Crippen molar-refractivity contribution < 1.29 is 27.5 Å². The molecule has 174 valence electrons. The number of halogens is 2. The molecule has 0 bridgehead atoms. The Morgan fingerprint density at radius 1 is 1.35 bits per heavy atom. The number of fused-ring (bicyclic) bond motifs is 1. The number of nitriles is 1. The van der Waals surface area contributed by atoms with E-state index in [-0.39, 0.29) is 5.56 Å². The lowest BCUT2D eigenvalue weighted by atomic mass is 10.1. The molecule has 10 heteroatoms. The van der Waals surface area contributed by atoms with Gasteiger partial charge >= 0.3 is 0 Å². The fourth-order valence-electron chi connectivity index (χ4n) is 3.72. The Hall–Kier alpha value is -4.26. The number of aromatic nitrogens is 1. The van der Waals surface area contributed by atoms with E-state index in [4.69, 9.17) is 14.4 Å². The maximum Gasteiger partial charge on any atom is 0.268 e. The number of hydrogen-bond donors (Lipinski definition) is 1. The second kappa shape index (κ2) is 9.31. The molecule has 1 aliphatic heterocycles. The lowest BCUT2D eigenvalue weighted by Gasteiger charge is -2.19. The molecule has 1 N–H and O–H groups in total. The second-order valence-electron chi connectivity index (χ2n) is 7.76. The smallest absolute Gasteiger partial charge is 0.268 e. The number of likely N-dealkylation sites (tertiary alicyclic amines) is 1. The Morgan fingerprint density at radius 2 is 2.18 bits per heavy atom. The summed E-state index contributed by atoms with van der Waals surface area (Å²) in [6.45, 7) is -1.35. The third-order valence-electron chi connectivity index (χ3n) is 5.41. The largest absolute Gasteiger partial charge is 0.497 e. The van der Waals surface area contributed by atoms with Crippen molar-refractivity contribution in [3.8, 4) is 11.8 Å². The summed E-state index contributed by atoms with van der Waals surface area (Å²) in [6, 6.07) is 9.19. The maximum atomic E-state index is 13.6. The van der Waals surface area contributed by atoms with Gasteiger partial charge in [0, 0.05) is 35.3 Å².